The monoisotopic (exact) mass is 391 g/mol. The van der Waals surface area contributed by atoms with E-state index in [4.69, 9.17) is 11.6 Å². The van der Waals surface area contributed by atoms with Crippen molar-refractivity contribution in [1.82, 2.24) is 15.2 Å². The van der Waals surface area contributed by atoms with E-state index in [9.17, 15) is 13.2 Å². The van der Waals surface area contributed by atoms with Crippen LogP contribution in [-0.2, 0) is 12.7 Å². The van der Waals surface area contributed by atoms with Gasteiger partial charge in [0.1, 0.15) is 0 Å². The van der Waals surface area contributed by atoms with Crippen molar-refractivity contribution in [2.45, 2.75) is 18.8 Å². The molecule has 2 heterocycles. The van der Waals surface area contributed by atoms with Crippen LogP contribution in [0, 0.1) is 0 Å². The molecule has 0 saturated carbocycles. The van der Waals surface area contributed by atoms with Gasteiger partial charge in [-0.2, -0.15) is 13.2 Å². The summed E-state index contributed by atoms with van der Waals surface area (Å²) in [4.78, 5) is 6.30. The molecule has 0 aliphatic carbocycles. The molecule has 1 aliphatic heterocycles. The molecule has 136 valence electrons. The molecule has 3 rings (SSSR count). The van der Waals surface area contributed by atoms with Gasteiger partial charge in [-0.1, -0.05) is 23.7 Å². The van der Waals surface area contributed by atoms with Crippen molar-refractivity contribution in [2.24, 2.45) is 0 Å². The molecule has 0 spiro atoms. The summed E-state index contributed by atoms with van der Waals surface area (Å²) in [5.41, 5.74) is 0.868. The van der Waals surface area contributed by atoms with Gasteiger partial charge in [0, 0.05) is 44.6 Å². The molecule has 3 nitrogen and oxygen atoms in total. The van der Waals surface area contributed by atoms with Crippen molar-refractivity contribution in [2.75, 3.05) is 19.6 Å². The average Bonchev–Trinajstić information content (AvgIpc) is 2.57. The number of nitrogens with zero attached hydrogens (tertiary/aromatic N) is 2. The molecular weight excluding hydrogens is 374 g/mol. The molecular formula is C17H18Cl2F3N3. The van der Waals surface area contributed by atoms with Gasteiger partial charge in [-0.15, -0.1) is 12.4 Å². The van der Waals surface area contributed by atoms with Crippen molar-refractivity contribution in [3.8, 4) is 0 Å². The fourth-order valence-corrected chi connectivity index (χ4v) is 3.18. The van der Waals surface area contributed by atoms with E-state index in [0.717, 1.165) is 31.3 Å². The summed E-state index contributed by atoms with van der Waals surface area (Å²) in [6.07, 6.45) is -0.939. The van der Waals surface area contributed by atoms with Crippen LogP contribution in [0.3, 0.4) is 0 Å². The van der Waals surface area contributed by atoms with Crippen molar-refractivity contribution in [3.05, 3.63) is 64.4 Å². The van der Waals surface area contributed by atoms with Crippen LogP contribution in [-0.4, -0.2) is 29.5 Å². The maximum Gasteiger partial charge on any atom is 0.417 e. The largest absolute Gasteiger partial charge is 0.417 e. The van der Waals surface area contributed by atoms with Crippen LogP contribution in [0.4, 0.5) is 13.2 Å². The molecule has 25 heavy (non-hydrogen) atoms. The van der Waals surface area contributed by atoms with Gasteiger partial charge in [-0.25, -0.2) is 0 Å². The molecule has 1 N–H and O–H groups in total. The lowest BCUT2D eigenvalue weighted by molar-refractivity contribution is -0.137. The molecule has 1 saturated heterocycles. The maximum atomic E-state index is 13.0. The van der Waals surface area contributed by atoms with Crippen molar-refractivity contribution >= 4 is 24.0 Å². The van der Waals surface area contributed by atoms with Crippen molar-refractivity contribution in [1.29, 1.82) is 0 Å². The molecule has 0 radical (unpaired) electrons. The number of alkyl halides is 3. The zero-order valence-corrected chi connectivity index (χ0v) is 14.8. The fraction of sp³-hybridized carbons (Fsp3) is 0.353. The number of rotatable bonds is 3. The van der Waals surface area contributed by atoms with E-state index < -0.39 is 11.7 Å². The van der Waals surface area contributed by atoms with E-state index >= 15 is 0 Å². The van der Waals surface area contributed by atoms with Crippen LogP contribution >= 0.6 is 24.0 Å². The first-order valence-electron chi connectivity index (χ1n) is 7.65. The SMILES string of the molecule is Cl.FC(F)(F)c1cc(CN2CCNCC2c2cccnc2)ccc1Cl. The van der Waals surface area contributed by atoms with E-state index in [1.165, 1.54) is 6.07 Å². The molecule has 1 aliphatic rings. The minimum Gasteiger partial charge on any atom is -0.314 e. The number of hydrogen-bond donors (Lipinski definition) is 1. The van der Waals surface area contributed by atoms with Gasteiger partial charge in [0.2, 0.25) is 0 Å². The highest BCUT2D eigenvalue weighted by molar-refractivity contribution is 6.31. The molecule has 0 bridgehead atoms. The van der Waals surface area contributed by atoms with Crippen LogP contribution < -0.4 is 5.32 Å². The summed E-state index contributed by atoms with van der Waals surface area (Å²) in [5.74, 6) is 0. The molecule has 1 atom stereocenters. The Morgan fingerprint density at radius 3 is 2.76 bits per heavy atom. The Morgan fingerprint density at radius 1 is 1.28 bits per heavy atom. The summed E-state index contributed by atoms with van der Waals surface area (Å²) in [5, 5.41) is 3.06. The summed E-state index contributed by atoms with van der Waals surface area (Å²) in [7, 11) is 0. The summed E-state index contributed by atoms with van der Waals surface area (Å²) >= 11 is 5.70. The highest BCUT2D eigenvalue weighted by atomic mass is 35.5. The third-order valence-electron chi connectivity index (χ3n) is 4.15. The topological polar surface area (TPSA) is 28.2 Å². The second-order valence-corrected chi connectivity index (χ2v) is 6.20. The van der Waals surface area contributed by atoms with Gasteiger partial charge < -0.3 is 5.32 Å². The third kappa shape index (κ3) is 4.85. The molecule has 1 fully saturated rings. The standard InChI is InChI=1S/C17H17ClF3N3.ClH/c18-15-4-3-12(8-14(15)17(19,20)21)11-24-7-6-23-10-16(24)13-2-1-5-22-9-13;/h1-5,8-9,16,23H,6-7,10-11H2;1H. The van der Waals surface area contributed by atoms with Gasteiger partial charge >= 0.3 is 6.18 Å². The lowest BCUT2D eigenvalue weighted by Gasteiger charge is -2.36. The summed E-state index contributed by atoms with van der Waals surface area (Å²) in [6.45, 7) is 2.73. The molecule has 0 amide bonds. The Hall–Kier alpha value is -1.34. The van der Waals surface area contributed by atoms with Crippen LogP contribution in [0.1, 0.15) is 22.7 Å². The minimum absolute atomic E-state index is 0. The Bertz CT molecular complexity index is 695. The van der Waals surface area contributed by atoms with Crippen molar-refractivity contribution < 1.29 is 13.2 Å². The zero-order valence-electron chi connectivity index (χ0n) is 13.3. The van der Waals surface area contributed by atoms with Gasteiger partial charge in [0.25, 0.3) is 0 Å². The molecule has 2 aromatic rings. The Balaban J connectivity index is 0.00000225. The average molecular weight is 392 g/mol. The van der Waals surface area contributed by atoms with Gasteiger partial charge in [-0.3, -0.25) is 9.88 Å². The highest BCUT2D eigenvalue weighted by Crippen LogP contribution is 2.35. The maximum absolute atomic E-state index is 13.0. The summed E-state index contributed by atoms with van der Waals surface area (Å²) in [6, 6.07) is 8.05. The number of piperazine rings is 1. The van der Waals surface area contributed by atoms with E-state index in [-0.39, 0.29) is 23.5 Å². The lowest BCUT2D eigenvalue weighted by atomic mass is 10.0. The second-order valence-electron chi connectivity index (χ2n) is 5.79. The minimum atomic E-state index is -4.45. The van der Waals surface area contributed by atoms with Gasteiger partial charge in [0.05, 0.1) is 10.6 Å². The van der Waals surface area contributed by atoms with E-state index in [1.807, 2.05) is 12.1 Å². The van der Waals surface area contributed by atoms with E-state index in [2.05, 4.69) is 15.2 Å². The predicted octanol–water partition coefficient (Wildman–Crippen LogP) is 4.32. The first-order chi connectivity index (χ1) is 11.4. The van der Waals surface area contributed by atoms with Crippen molar-refractivity contribution in [3.63, 3.8) is 0 Å². The number of benzene rings is 1. The number of nitrogens with one attached hydrogen (secondary N) is 1. The van der Waals surface area contributed by atoms with Gasteiger partial charge in [0.15, 0.2) is 0 Å². The zero-order chi connectivity index (χ0) is 17.2. The molecule has 1 unspecified atom stereocenters. The molecule has 1 aromatic heterocycles. The normalized spacial score (nSPS) is 18.6. The third-order valence-corrected chi connectivity index (χ3v) is 4.47. The predicted molar refractivity (Wildman–Crippen MR) is 94.0 cm³/mol. The van der Waals surface area contributed by atoms with Crippen LogP contribution in [0.25, 0.3) is 0 Å². The number of halogens is 5. The van der Waals surface area contributed by atoms with Crippen LogP contribution in [0.2, 0.25) is 5.02 Å². The number of hydrogen-bond acceptors (Lipinski definition) is 3. The Labute approximate surface area is 155 Å². The second kappa shape index (κ2) is 8.36. The fourth-order valence-electron chi connectivity index (χ4n) is 2.96. The van der Waals surface area contributed by atoms with E-state index in [0.29, 0.717) is 12.1 Å². The first kappa shape index (κ1) is 20.0. The van der Waals surface area contributed by atoms with E-state index in [1.54, 1.807) is 18.5 Å². The molecule has 8 heteroatoms. The number of aromatic nitrogens is 1. The quantitative estimate of drug-likeness (QED) is 0.844. The van der Waals surface area contributed by atoms with Crippen LogP contribution in [0.15, 0.2) is 42.7 Å². The van der Waals surface area contributed by atoms with Crippen LogP contribution in [0.5, 0.6) is 0 Å². The highest BCUT2D eigenvalue weighted by Gasteiger charge is 2.33. The first-order valence-corrected chi connectivity index (χ1v) is 8.03. The Kier molecular flexibility index (Phi) is 6.68. The number of pyridine rings is 1. The smallest absolute Gasteiger partial charge is 0.314 e. The Morgan fingerprint density at radius 2 is 2.08 bits per heavy atom. The van der Waals surface area contributed by atoms with Gasteiger partial charge in [-0.05, 0) is 29.3 Å². The lowest BCUT2D eigenvalue weighted by Crippen LogP contribution is -2.45. The summed E-state index contributed by atoms with van der Waals surface area (Å²) < 4.78 is 39.1. The molecule has 1 aromatic carbocycles.